The first kappa shape index (κ1) is 42.1. The number of rotatable bonds is 1. The van der Waals surface area contributed by atoms with E-state index in [4.69, 9.17) is 4.42 Å². The van der Waals surface area contributed by atoms with Crippen LogP contribution in [0.25, 0.3) is 0 Å². The maximum atomic E-state index is 7.58. The topological polar surface area (TPSA) is 19.6 Å². The molecule has 1 unspecified atom stereocenters. The van der Waals surface area contributed by atoms with Crippen LogP contribution in [0.3, 0.4) is 0 Å². The number of fused-ring (bicyclic) bond motifs is 9. The van der Waals surface area contributed by atoms with Gasteiger partial charge in [-0.1, -0.05) is 115 Å². The summed E-state index contributed by atoms with van der Waals surface area (Å²) in [6.07, 6.45) is 6.88. The number of nitrogens with zero attached hydrogens (tertiary/aromatic N) is 2. The quantitative estimate of drug-likeness (QED) is 0.164. The Morgan fingerprint density at radius 1 is 0.516 bits per heavy atom. The van der Waals surface area contributed by atoms with Crippen LogP contribution in [-0.2, 0) is 37.9 Å². The van der Waals surface area contributed by atoms with Gasteiger partial charge in [0.05, 0.1) is 22.7 Å². The standard InChI is InChI=1S/C58H72N2OS/c1-33-26-44-35(3)45(27-33)60-42-19-18-36(52(4,5)6)29-41(42)58(17)25-24-57(15,16)50-48(58)49(60)51(61-50)62-47-32-40-39(55(11,12)22-23-56(40,13)14)31-46(47)59(44)43-30-38-37(28-34(43)2)53(7,8)20-21-54(38,9)10/h18-19,26-32H,20-25H2,1-17H3. The van der Waals surface area contributed by atoms with Crippen molar-refractivity contribution in [3.8, 4) is 0 Å². The summed E-state index contributed by atoms with van der Waals surface area (Å²) in [7, 11) is 0. The molecule has 10 rings (SSSR count). The van der Waals surface area contributed by atoms with Crippen molar-refractivity contribution in [2.24, 2.45) is 0 Å². The Balaban J connectivity index is 1.36. The predicted molar refractivity (Wildman–Crippen MR) is 264 cm³/mol. The first-order valence-electron chi connectivity index (χ1n) is 23.7. The lowest BCUT2D eigenvalue weighted by atomic mass is 9.60. The minimum absolute atomic E-state index is 0.0279. The second kappa shape index (κ2) is 12.9. The highest BCUT2D eigenvalue weighted by atomic mass is 32.2. The van der Waals surface area contributed by atoms with Crippen molar-refractivity contribution in [2.45, 2.75) is 204 Å². The van der Waals surface area contributed by atoms with E-state index in [0.29, 0.717) is 0 Å². The fraction of sp³-hybridized carbons (Fsp3) is 0.517. The van der Waals surface area contributed by atoms with E-state index >= 15 is 0 Å². The molecule has 0 fully saturated rings. The van der Waals surface area contributed by atoms with Crippen LogP contribution in [-0.4, -0.2) is 0 Å². The van der Waals surface area contributed by atoms with Gasteiger partial charge in [0.25, 0.3) is 0 Å². The molecule has 3 heterocycles. The first-order chi connectivity index (χ1) is 28.7. The minimum Gasteiger partial charge on any atom is -0.451 e. The molecule has 0 N–H and O–H groups in total. The van der Waals surface area contributed by atoms with Crippen LogP contribution in [0.2, 0.25) is 0 Å². The molecule has 2 aliphatic heterocycles. The van der Waals surface area contributed by atoms with Crippen LogP contribution in [0.1, 0.15) is 197 Å². The molecule has 326 valence electrons. The van der Waals surface area contributed by atoms with E-state index in [9.17, 15) is 0 Å². The number of furan rings is 1. The average Bonchev–Trinajstić information content (AvgIpc) is 3.57. The molecule has 3 aliphatic carbocycles. The summed E-state index contributed by atoms with van der Waals surface area (Å²) < 4.78 is 7.58. The largest absolute Gasteiger partial charge is 0.451 e. The molecule has 3 nitrogen and oxygen atoms in total. The smallest absolute Gasteiger partial charge is 0.189 e. The third-order valence-corrected chi connectivity index (χ3v) is 18.0. The average molecular weight is 845 g/mol. The van der Waals surface area contributed by atoms with Crippen molar-refractivity contribution in [1.29, 1.82) is 0 Å². The van der Waals surface area contributed by atoms with Gasteiger partial charge < -0.3 is 14.2 Å². The summed E-state index contributed by atoms with van der Waals surface area (Å²) in [6.45, 7) is 41.2. The summed E-state index contributed by atoms with van der Waals surface area (Å²) in [5, 5.41) is 1.02. The van der Waals surface area contributed by atoms with Crippen molar-refractivity contribution in [3.63, 3.8) is 0 Å². The third kappa shape index (κ3) is 5.89. The molecule has 1 atom stereocenters. The lowest BCUT2D eigenvalue weighted by Gasteiger charge is -2.48. The molecular weight excluding hydrogens is 773 g/mol. The van der Waals surface area contributed by atoms with Crippen molar-refractivity contribution < 1.29 is 4.42 Å². The normalized spacial score (nSPS) is 23.1. The summed E-state index contributed by atoms with van der Waals surface area (Å²) in [5.74, 6) is 1.17. The number of hydrogen-bond donors (Lipinski definition) is 0. The van der Waals surface area contributed by atoms with E-state index in [1.807, 2.05) is 11.8 Å². The van der Waals surface area contributed by atoms with Crippen molar-refractivity contribution >= 4 is 45.9 Å². The van der Waals surface area contributed by atoms with E-state index in [1.165, 1.54) is 126 Å². The van der Waals surface area contributed by atoms with Gasteiger partial charge in [-0.2, -0.15) is 0 Å². The van der Waals surface area contributed by atoms with E-state index < -0.39 is 0 Å². The number of aryl methyl sites for hydroxylation is 2. The van der Waals surface area contributed by atoms with Gasteiger partial charge in [0.1, 0.15) is 11.4 Å². The second-order valence-electron chi connectivity index (χ2n) is 24.9. The molecule has 5 aromatic rings. The monoisotopic (exact) mass is 845 g/mol. The first-order valence-corrected chi connectivity index (χ1v) is 24.5. The summed E-state index contributed by atoms with van der Waals surface area (Å²) in [6, 6.07) is 22.7. The fourth-order valence-corrected chi connectivity index (χ4v) is 13.4. The second-order valence-corrected chi connectivity index (χ2v) is 25.9. The van der Waals surface area contributed by atoms with Crippen LogP contribution >= 0.6 is 11.8 Å². The number of hydrogen-bond acceptors (Lipinski definition) is 4. The molecule has 0 saturated heterocycles. The Bertz CT molecular complexity index is 2750. The molecule has 0 spiro atoms. The highest BCUT2D eigenvalue weighted by Gasteiger charge is 2.53. The number of benzene rings is 4. The lowest BCUT2D eigenvalue weighted by molar-refractivity contribution is 0.273. The van der Waals surface area contributed by atoms with Gasteiger partial charge in [0.2, 0.25) is 0 Å². The molecule has 0 saturated carbocycles. The maximum Gasteiger partial charge on any atom is 0.189 e. The van der Waals surface area contributed by atoms with Crippen LogP contribution in [0, 0.1) is 20.8 Å². The van der Waals surface area contributed by atoms with Gasteiger partial charge in [-0.3, -0.25) is 0 Å². The maximum absolute atomic E-state index is 7.58. The Morgan fingerprint density at radius 3 is 1.61 bits per heavy atom. The highest BCUT2D eigenvalue weighted by molar-refractivity contribution is 7.99. The minimum atomic E-state index is -0.183. The highest BCUT2D eigenvalue weighted by Crippen LogP contribution is 2.66. The van der Waals surface area contributed by atoms with Crippen molar-refractivity contribution in [3.05, 3.63) is 116 Å². The zero-order valence-electron chi connectivity index (χ0n) is 41.1. The molecule has 2 bridgehead atoms. The van der Waals surface area contributed by atoms with Crippen molar-refractivity contribution in [1.82, 2.24) is 0 Å². The van der Waals surface area contributed by atoms with Gasteiger partial charge in [-0.05, 0) is 185 Å². The SMILES string of the molecule is Cc1cc2c(C)c(c1)N1c3ccc(C(C)(C)C)cc3C3(C)CCC(C)(C)c4oc(c1c43)Sc1cc3c(cc1N2c1cc2c(cc1C)C(C)(C)CCC2(C)C)C(C)(C)CCC3(C)C. The van der Waals surface area contributed by atoms with Crippen molar-refractivity contribution in [2.75, 3.05) is 9.80 Å². The molecule has 1 aromatic heterocycles. The van der Waals surface area contributed by atoms with Gasteiger partial charge in [-0.25, -0.2) is 0 Å². The zero-order chi connectivity index (χ0) is 44.6. The van der Waals surface area contributed by atoms with Gasteiger partial charge in [0, 0.05) is 27.0 Å². The lowest BCUT2D eigenvalue weighted by Crippen LogP contribution is -2.40. The van der Waals surface area contributed by atoms with Crippen LogP contribution < -0.4 is 9.80 Å². The third-order valence-electron chi connectivity index (χ3n) is 17.0. The van der Waals surface area contributed by atoms with Crippen LogP contribution in [0.5, 0.6) is 0 Å². The zero-order valence-corrected chi connectivity index (χ0v) is 42.0. The Hall–Kier alpha value is -3.89. The molecular formula is C58H72N2OS. The number of anilines is 6. The Kier molecular flexibility index (Phi) is 8.75. The van der Waals surface area contributed by atoms with E-state index in [1.54, 1.807) is 0 Å². The van der Waals surface area contributed by atoms with Crippen LogP contribution in [0.4, 0.5) is 34.1 Å². The van der Waals surface area contributed by atoms with Crippen LogP contribution in [0.15, 0.2) is 69.0 Å². The molecule has 4 heteroatoms. The van der Waals surface area contributed by atoms with Gasteiger partial charge in [0.15, 0.2) is 5.09 Å². The molecule has 0 radical (unpaired) electrons. The molecule has 62 heavy (non-hydrogen) atoms. The molecule has 5 aliphatic rings. The molecule has 4 aromatic carbocycles. The summed E-state index contributed by atoms with van der Waals surface area (Å²) in [5.41, 5.74) is 21.7. The predicted octanol–water partition coefficient (Wildman–Crippen LogP) is 17.3. The van der Waals surface area contributed by atoms with Gasteiger partial charge in [-0.15, -0.1) is 0 Å². The summed E-state index contributed by atoms with van der Waals surface area (Å²) >= 11 is 1.88. The Morgan fingerprint density at radius 2 is 1.03 bits per heavy atom. The summed E-state index contributed by atoms with van der Waals surface area (Å²) in [4.78, 5) is 6.60. The van der Waals surface area contributed by atoms with E-state index in [0.717, 1.165) is 17.9 Å². The van der Waals surface area contributed by atoms with E-state index in [-0.39, 0.29) is 37.9 Å². The fourth-order valence-electron chi connectivity index (χ4n) is 12.3. The molecule has 0 amide bonds. The van der Waals surface area contributed by atoms with Gasteiger partial charge >= 0.3 is 0 Å². The Labute approximate surface area is 378 Å². The van der Waals surface area contributed by atoms with E-state index in [2.05, 4.69) is 182 Å².